The van der Waals surface area contributed by atoms with Gasteiger partial charge in [-0.25, -0.2) is 0 Å². The lowest BCUT2D eigenvalue weighted by molar-refractivity contribution is 0.237. The summed E-state index contributed by atoms with van der Waals surface area (Å²) >= 11 is 0. The number of fused-ring (bicyclic) bond motifs is 1. The highest BCUT2D eigenvalue weighted by atomic mass is 15.3. The molecule has 0 spiro atoms. The fraction of sp³-hybridized carbons (Fsp3) is 0.556. The van der Waals surface area contributed by atoms with Gasteiger partial charge in [-0.15, -0.1) is 0 Å². The number of hydrogen-bond acceptors (Lipinski definition) is 4. The molecule has 2 aliphatic heterocycles. The standard InChI is InChI=1S/C18H25N5/c1-21-18-14-23(12-15-4-7-19-8-5-15)11-6-16(18)17(20-21)13-22-9-2-3-10-22/h4-5,7-8H,2-3,6,9-14H2,1H3. The topological polar surface area (TPSA) is 37.2 Å². The summed E-state index contributed by atoms with van der Waals surface area (Å²) in [5.41, 5.74) is 5.56. The molecule has 0 aromatic carbocycles. The molecule has 2 aromatic heterocycles. The van der Waals surface area contributed by atoms with Gasteiger partial charge in [-0.3, -0.25) is 19.5 Å². The molecule has 0 aliphatic carbocycles. The van der Waals surface area contributed by atoms with Crippen LogP contribution in [0.25, 0.3) is 0 Å². The lowest BCUT2D eigenvalue weighted by Crippen LogP contribution is -2.31. The van der Waals surface area contributed by atoms with Gasteiger partial charge in [-0.2, -0.15) is 5.10 Å². The van der Waals surface area contributed by atoms with Gasteiger partial charge in [-0.05, 0) is 50.0 Å². The third-order valence-corrected chi connectivity index (χ3v) is 5.14. The fourth-order valence-electron chi connectivity index (χ4n) is 3.87. The molecule has 0 saturated carbocycles. The Balaban J connectivity index is 1.48. The van der Waals surface area contributed by atoms with E-state index in [1.165, 1.54) is 48.4 Å². The highest BCUT2D eigenvalue weighted by Crippen LogP contribution is 2.25. The molecular weight excluding hydrogens is 286 g/mol. The minimum absolute atomic E-state index is 0.995. The van der Waals surface area contributed by atoms with Crippen molar-refractivity contribution in [3.8, 4) is 0 Å². The van der Waals surface area contributed by atoms with E-state index in [4.69, 9.17) is 5.10 Å². The molecule has 2 aliphatic rings. The second kappa shape index (κ2) is 6.42. The Bertz CT molecular complexity index is 658. The van der Waals surface area contributed by atoms with E-state index in [9.17, 15) is 0 Å². The van der Waals surface area contributed by atoms with Gasteiger partial charge in [0.05, 0.1) is 11.4 Å². The number of pyridine rings is 1. The first-order chi connectivity index (χ1) is 11.3. The van der Waals surface area contributed by atoms with Crippen molar-refractivity contribution in [3.05, 3.63) is 47.0 Å². The summed E-state index contributed by atoms with van der Waals surface area (Å²) in [7, 11) is 2.10. The van der Waals surface area contributed by atoms with E-state index in [-0.39, 0.29) is 0 Å². The van der Waals surface area contributed by atoms with Crippen LogP contribution in [0.15, 0.2) is 24.5 Å². The first-order valence-electron chi connectivity index (χ1n) is 8.67. The molecule has 2 aromatic rings. The Hall–Kier alpha value is -1.72. The Morgan fingerprint density at radius 1 is 1.00 bits per heavy atom. The molecule has 4 heterocycles. The second-order valence-corrected chi connectivity index (χ2v) is 6.79. The van der Waals surface area contributed by atoms with Crippen molar-refractivity contribution in [1.29, 1.82) is 0 Å². The first kappa shape index (κ1) is 14.8. The zero-order valence-electron chi connectivity index (χ0n) is 13.9. The number of aromatic nitrogens is 3. The zero-order chi connectivity index (χ0) is 15.6. The summed E-state index contributed by atoms with van der Waals surface area (Å²) < 4.78 is 2.11. The van der Waals surface area contributed by atoms with Gasteiger partial charge in [0.2, 0.25) is 0 Å². The Morgan fingerprint density at radius 3 is 2.57 bits per heavy atom. The molecule has 0 radical (unpaired) electrons. The van der Waals surface area contributed by atoms with Crippen molar-refractivity contribution < 1.29 is 0 Å². The van der Waals surface area contributed by atoms with E-state index in [1.54, 1.807) is 0 Å². The Kier molecular flexibility index (Phi) is 4.14. The molecule has 0 amide bonds. The van der Waals surface area contributed by atoms with Crippen LogP contribution < -0.4 is 0 Å². The minimum Gasteiger partial charge on any atom is -0.297 e. The van der Waals surface area contributed by atoms with Crippen LogP contribution in [-0.4, -0.2) is 44.2 Å². The Labute approximate surface area is 137 Å². The van der Waals surface area contributed by atoms with Gasteiger partial charge in [0.25, 0.3) is 0 Å². The molecule has 23 heavy (non-hydrogen) atoms. The lowest BCUT2D eigenvalue weighted by atomic mass is 10.0. The summed E-state index contributed by atoms with van der Waals surface area (Å²) in [5.74, 6) is 0. The number of nitrogens with zero attached hydrogens (tertiary/aromatic N) is 5. The molecule has 5 nitrogen and oxygen atoms in total. The number of aryl methyl sites for hydroxylation is 1. The number of rotatable bonds is 4. The molecule has 1 saturated heterocycles. The molecular formula is C18H25N5. The van der Waals surface area contributed by atoms with Crippen LogP contribution in [0.4, 0.5) is 0 Å². The van der Waals surface area contributed by atoms with E-state index in [0.29, 0.717) is 0 Å². The quantitative estimate of drug-likeness (QED) is 0.865. The third kappa shape index (κ3) is 3.16. The van der Waals surface area contributed by atoms with E-state index in [2.05, 4.69) is 38.6 Å². The fourth-order valence-corrected chi connectivity index (χ4v) is 3.87. The predicted molar refractivity (Wildman–Crippen MR) is 89.8 cm³/mol. The van der Waals surface area contributed by atoms with E-state index < -0.39 is 0 Å². The van der Waals surface area contributed by atoms with Crippen LogP contribution in [0.1, 0.15) is 35.4 Å². The summed E-state index contributed by atoms with van der Waals surface area (Å²) in [6, 6.07) is 4.22. The van der Waals surface area contributed by atoms with Gasteiger partial charge in [0.1, 0.15) is 0 Å². The smallest absolute Gasteiger partial charge is 0.0800 e. The van der Waals surface area contributed by atoms with Gasteiger partial charge >= 0.3 is 0 Å². The average Bonchev–Trinajstić information content (AvgIpc) is 3.18. The summed E-state index contributed by atoms with van der Waals surface area (Å²) in [5, 5.41) is 4.84. The van der Waals surface area contributed by atoms with Gasteiger partial charge in [-0.1, -0.05) is 0 Å². The lowest BCUT2D eigenvalue weighted by Gasteiger charge is -2.27. The highest BCUT2D eigenvalue weighted by Gasteiger charge is 2.25. The molecule has 0 bridgehead atoms. The molecule has 5 heteroatoms. The monoisotopic (exact) mass is 311 g/mol. The number of hydrogen-bond donors (Lipinski definition) is 0. The van der Waals surface area contributed by atoms with Crippen LogP contribution in [0.3, 0.4) is 0 Å². The van der Waals surface area contributed by atoms with Gasteiger partial charge in [0.15, 0.2) is 0 Å². The van der Waals surface area contributed by atoms with Crippen LogP contribution >= 0.6 is 0 Å². The maximum atomic E-state index is 4.84. The molecule has 0 unspecified atom stereocenters. The van der Waals surface area contributed by atoms with Crippen LogP contribution in [-0.2, 0) is 33.1 Å². The maximum Gasteiger partial charge on any atom is 0.0800 e. The van der Waals surface area contributed by atoms with Crippen molar-refractivity contribution in [2.45, 2.75) is 38.9 Å². The minimum atomic E-state index is 0.995. The van der Waals surface area contributed by atoms with Gasteiger partial charge in [0, 0.05) is 51.2 Å². The van der Waals surface area contributed by atoms with Gasteiger partial charge < -0.3 is 0 Å². The van der Waals surface area contributed by atoms with E-state index >= 15 is 0 Å². The maximum absolute atomic E-state index is 4.84. The molecule has 0 atom stereocenters. The largest absolute Gasteiger partial charge is 0.297 e. The number of likely N-dealkylation sites (tertiary alicyclic amines) is 1. The molecule has 1 fully saturated rings. The van der Waals surface area contributed by atoms with Crippen molar-refractivity contribution in [3.63, 3.8) is 0 Å². The summed E-state index contributed by atoms with van der Waals surface area (Å²) in [6.07, 6.45) is 7.56. The van der Waals surface area contributed by atoms with Crippen molar-refractivity contribution in [2.24, 2.45) is 7.05 Å². The van der Waals surface area contributed by atoms with Crippen LogP contribution in [0, 0.1) is 0 Å². The van der Waals surface area contributed by atoms with E-state index in [1.807, 2.05) is 12.4 Å². The normalized spacial score (nSPS) is 19.2. The van der Waals surface area contributed by atoms with Crippen LogP contribution in [0.2, 0.25) is 0 Å². The third-order valence-electron chi connectivity index (χ3n) is 5.14. The predicted octanol–water partition coefficient (Wildman–Crippen LogP) is 1.97. The molecule has 4 rings (SSSR count). The average molecular weight is 311 g/mol. The highest BCUT2D eigenvalue weighted by molar-refractivity contribution is 5.29. The molecule has 122 valence electrons. The van der Waals surface area contributed by atoms with Crippen LogP contribution in [0.5, 0.6) is 0 Å². The molecule has 0 N–H and O–H groups in total. The van der Waals surface area contributed by atoms with E-state index in [0.717, 1.165) is 32.6 Å². The Morgan fingerprint density at radius 2 is 1.78 bits per heavy atom. The summed E-state index contributed by atoms with van der Waals surface area (Å²) in [4.78, 5) is 9.16. The summed E-state index contributed by atoms with van der Waals surface area (Å²) in [6.45, 7) is 6.62. The zero-order valence-corrected chi connectivity index (χ0v) is 13.9. The first-order valence-corrected chi connectivity index (χ1v) is 8.67. The van der Waals surface area contributed by atoms with Crippen molar-refractivity contribution in [1.82, 2.24) is 24.6 Å². The van der Waals surface area contributed by atoms with Crippen molar-refractivity contribution >= 4 is 0 Å². The second-order valence-electron chi connectivity index (χ2n) is 6.79. The SMILES string of the molecule is Cn1nc(CN2CCCC2)c2c1CN(Cc1ccncc1)CC2. The van der Waals surface area contributed by atoms with Crippen molar-refractivity contribution in [2.75, 3.05) is 19.6 Å².